The number of carbonyl (C=O) groups excluding carboxylic acids is 4. The molecule has 2 bridgehead atoms. The summed E-state index contributed by atoms with van der Waals surface area (Å²) < 4.78 is 5.16. The summed E-state index contributed by atoms with van der Waals surface area (Å²) in [6, 6.07) is 13.7. The van der Waals surface area contributed by atoms with Gasteiger partial charge in [0.05, 0.1) is 23.1 Å². The molecule has 5 rings (SSSR count). The molecule has 2 aliphatic carbocycles. The SMILES string of the molecule is CCc1ccc(NC(=O)COC(=O)c2cccc(N3C(=O)[C@@H]4[C@@H](C3=O)[C@H]3C=C(C)[C@H]4C3)c2)cc1. The molecule has 2 fully saturated rings. The number of nitrogens with zero attached hydrogens (tertiary/aromatic N) is 1. The maximum Gasteiger partial charge on any atom is 0.338 e. The van der Waals surface area contributed by atoms with Crippen LogP contribution in [0.3, 0.4) is 0 Å². The second-order valence-corrected chi connectivity index (χ2v) is 9.21. The first-order chi connectivity index (χ1) is 16.4. The molecule has 1 saturated heterocycles. The fraction of sp³-hybridized carbons (Fsp3) is 0.333. The number of benzene rings is 2. The van der Waals surface area contributed by atoms with Crippen LogP contribution in [-0.2, 0) is 25.5 Å². The molecule has 2 aromatic carbocycles. The summed E-state index contributed by atoms with van der Waals surface area (Å²) in [7, 11) is 0. The first-order valence-electron chi connectivity index (χ1n) is 11.6. The van der Waals surface area contributed by atoms with Crippen LogP contribution in [0.25, 0.3) is 0 Å². The monoisotopic (exact) mass is 458 g/mol. The first kappa shape index (κ1) is 22.1. The van der Waals surface area contributed by atoms with Gasteiger partial charge in [0.2, 0.25) is 11.8 Å². The van der Waals surface area contributed by atoms with Crippen molar-refractivity contribution in [2.75, 3.05) is 16.8 Å². The van der Waals surface area contributed by atoms with Crippen LogP contribution in [-0.4, -0.2) is 30.3 Å². The number of rotatable bonds is 6. The molecule has 174 valence electrons. The van der Waals surface area contributed by atoms with Crippen molar-refractivity contribution >= 4 is 35.1 Å². The van der Waals surface area contributed by atoms with Gasteiger partial charge in [0, 0.05) is 5.69 Å². The van der Waals surface area contributed by atoms with Crippen molar-refractivity contribution in [3.8, 4) is 0 Å². The molecule has 0 aromatic heterocycles. The van der Waals surface area contributed by atoms with Gasteiger partial charge in [0.25, 0.3) is 5.91 Å². The molecule has 34 heavy (non-hydrogen) atoms. The van der Waals surface area contributed by atoms with Crippen molar-refractivity contribution < 1.29 is 23.9 Å². The maximum absolute atomic E-state index is 13.2. The van der Waals surface area contributed by atoms with Crippen LogP contribution in [0.5, 0.6) is 0 Å². The third-order valence-electron chi connectivity index (χ3n) is 7.20. The molecule has 3 aliphatic rings. The van der Waals surface area contributed by atoms with Crippen molar-refractivity contribution in [1.82, 2.24) is 0 Å². The summed E-state index contributed by atoms with van der Waals surface area (Å²) in [5.41, 5.74) is 3.49. The molecular weight excluding hydrogens is 432 g/mol. The second-order valence-electron chi connectivity index (χ2n) is 9.21. The van der Waals surface area contributed by atoms with Crippen LogP contribution in [0.4, 0.5) is 11.4 Å². The van der Waals surface area contributed by atoms with Crippen LogP contribution < -0.4 is 10.2 Å². The van der Waals surface area contributed by atoms with Crippen LogP contribution in [0, 0.1) is 23.7 Å². The fourth-order valence-electron chi connectivity index (χ4n) is 5.54. The zero-order chi connectivity index (χ0) is 24.0. The van der Waals surface area contributed by atoms with Gasteiger partial charge in [-0.05, 0) is 67.5 Å². The topological polar surface area (TPSA) is 92.8 Å². The predicted molar refractivity (Wildman–Crippen MR) is 126 cm³/mol. The fourth-order valence-corrected chi connectivity index (χ4v) is 5.54. The van der Waals surface area contributed by atoms with E-state index >= 15 is 0 Å². The Morgan fingerprint density at radius 3 is 2.53 bits per heavy atom. The van der Waals surface area contributed by atoms with Gasteiger partial charge in [-0.2, -0.15) is 0 Å². The van der Waals surface area contributed by atoms with E-state index in [0.717, 1.165) is 18.4 Å². The van der Waals surface area contributed by atoms with E-state index in [1.807, 2.05) is 26.0 Å². The van der Waals surface area contributed by atoms with E-state index in [1.165, 1.54) is 22.6 Å². The number of allylic oxidation sites excluding steroid dienone is 2. The smallest absolute Gasteiger partial charge is 0.338 e. The van der Waals surface area contributed by atoms with Gasteiger partial charge in [0.1, 0.15) is 0 Å². The van der Waals surface area contributed by atoms with Crippen LogP contribution in [0.15, 0.2) is 60.2 Å². The van der Waals surface area contributed by atoms with Crippen molar-refractivity contribution in [2.45, 2.75) is 26.7 Å². The molecule has 0 spiro atoms. The van der Waals surface area contributed by atoms with Gasteiger partial charge in [-0.1, -0.05) is 36.8 Å². The minimum absolute atomic E-state index is 0.112. The maximum atomic E-state index is 13.2. The largest absolute Gasteiger partial charge is 0.452 e. The summed E-state index contributed by atoms with van der Waals surface area (Å²) >= 11 is 0. The standard InChI is InChI=1S/C27H26N2O5/c1-3-16-7-9-19(10-8-16)28-22(30)14-34-27(33)17-5-4-6-20(12-17)29-25(31)23-18-11-15(2)21(13-18)24(23)26(29)32/h4-12,18,21,23-24H,3,13-14H2,1-2H3,(H,28,30)/t18-,21+,23-,24-/m0/s1. The van der Waals surface area contributed by atoms with E-state index in [4.69, 9.17) is 4.74 Å². The lowest BCUT2D eigenvalue weighted by Gasteiger charge is -2.19. The highest BCUT2D eigenvalue weighted by atomic mass is 16.5. The highest BCUT2D eigenvalue weighted by molar-refractivity contribution is 6.23. The molecule has 1 aliphatic heterocycles. The number of hydrogen-bond donors (Lipinski definition) is 1. The number of fused-ring (bicyclic) bond motifs is 5. The molecule has 7 nitrogen and oxygen atoms in total. The molecule has 7 heteroatoms. The van der Waals surface area contributed by atoms with Crippen LogP contribution >= 0.6 is 0 Å². The summed E-state index contributed by atoms with van der Waals surface area (Å²) in [5, 5.41) is 2.69. The van der Waals surface area contributed by atoms with Gasteiger partial charge >= 0.3 is 5.97 Å². The van der Waals surface area contributed by atoms with Crippen molar-refractivity contribution in [1.29, 1.82) is 0 Å². The van der Waals surface area contributed by atoms with Gasteiger partial charge in [-0.15, -0.1) is 0 Å². The van der Waals surface area contributed by atoms with Gasteiger partial charge in [-0.25, -0.2) is 9.69 Å². The minimum Gasteiger partial charge on any atom is -0.452 e. The summed E-state index contributed by atoms with van der Waals surface area (Å²) in [5.74, 6) is -1.94. The second kappa shape index (κ2) is 8.56. The summed E-state index contributed by atoms with van der Waals surface area (Å²) in [6.45, 7) is 3.62. The molecule has 4 atom stereocenters. The molecule has 2 aromatic rings. The molecule has 3 amide bonds. The molecular formula is C27H26N2O5. The van der Waals surface area contributed by atoms with E-state index in [2.05, 4.69) is 11.4 Å². The Morgan fingerprint density at radius 2 is 1.79 bits per heavy atom. The molecule has 0 radical (unpaired) electrons. The molecule has 0 unspecified atom stereocenters. The summed E-state index contributed by atoms with van der Waals surface area (Å²) in [6.07, 6.45) is 3.89. The number of imide groups is 1. The van der Waals surface area contributed by atoms with Crippen molar-refractivity contribution in [3.63, 3.8) is 0 Å². The average Bonchev–Trinajstić information content (AvgIpc) is 3.48. The number of hydrogen-bond acceptors (Lipinski definition) is 5. The van der Waals surface area contributed by atoms with E-state index in [0.29, 0.717) is 11.4 Å². The van der Waals surface area contributed by atoms with Gasteiger partial charge in [-0.3, -0.25) is 14.4 Å². The van der Waals surface area contributed by atoms with E-state index in [9.17, 15) is 19.2 Å². The van der Waals surface area contributed by atoms with E-state index < -0.39 is 18.5 Å². The Kier molecular flexibility index (Phi) is 5.55. The Balaban J connectivity index is 1.23. The normalized spacial score (nSPS) is 24.8. The number of amides is 3. The molecule has 1 saturated carbocycles. The van der Waals surface area contributed by atoms with Crippen LogP contribution in [0.2, 0.25) is 0 Å². The zero-order valence-electron chi connectivity index (χ0n) is 19.1. The number of esters is 1. The molecule has 1 heterocycles. The lowest BCUT2D eigenvalue weighted by molar-refractivity contribution is -0.123. The predicted octanol–water partition coefficient (Wildman–Crippen LogP) is 3.75. The third-order valence-corrected chi connectivity index (χ3v) is 7.20. The van der Waals surface area contributed by atoms with E-state index in [-0.39, 0.29) is 41.0 Å². The number of carbonyl (C=O) groups is 4. The Morgan fingerprint density at radius 1 is 1.06 bits per heavy atom. The highest BCUT2D eigenvalue weighted by Gasteiger charge is 2.60. The zero-order valence-corrected chi connectivity index (χ0v) is 19.1. The number of nitrogens with one attached hydrogen (secondary N) is 1. The quantitative estimate of drug-likeness (QED) is 0.404. The Bertz CT molecular complexity index is 1220. The lowest BCUT2D eigenvalue weighted by atomic mass is 9.82. The van der Waals surface area contributed by atoms with E-state index in [1.54, 1.807) is 24.3 Å². The number of ether oxygens (including phenoxy) is 1. The average molecular weight is 459 g/mol. The van der Waals surface area contributed by atoms with Gasteiger partial charge < -0.3 is 10.1 Å². The van der Waals surface area contributed by atoms with Crippen molar-refractivity contribution in [2.24, 2.45) is 23.7 Å². The minimum atomic E-state index is -0.699. The number of aryl methyl sites for hydroxylation is 1. The van der Waals surface area contributed by atoms with Gasteiger partial charge in [0.15, 0.2) is 6.61 Å². The first-order valence-corrected chi connectivity index (χ1v) is 11.6. The third kappa shape index (κ3) is 3.71. The highest BCUT2D eigenvalue weighted by Crippen LogP contribution is 2.55. The summed E-state index contributed by atoms with van der Waals surface area (Å²) in [4.78, 5) is 52.2. The Labute approximate surface area is 197 Å². The van der Waals surface area contributed by atoms with Crippen molar-refractivity contribution in [3.05, 3.63) is 71.3 Å². The van der Waals surface area contributed by atoms with Crippen LogP contribution in [0.1, 0.15) is 36.2 Å². The lowest BCUT2D eigenvalue weighted by Crippen LogP contribution is -2.33. The Hall–Kier alpha value is -3.74. The number of anilines is 2. The molecule has 1 N–H and O–H groups in total.